The molecule has 0 N–H and O–H groups in total. The zero-order valence-electron chi connectivity index (χ0n) is 17.9. The molecule has 3 aromatic rings. The number of hydrogen-bond acceptors (Lipinski definition) is 4. The first-order valence-corrected chi connectivity index (χ1v) is 10.5. The van der Waals surface area contributed by atoms with Gasteiger partial charge >= 0.3 is 0 Å². The minimum Gasteiger partial charge on any atom is -0.494 e. The molecule has 0 radical (unpaired) electrons. The number of ether oxygens (including phenoxy) is 1. The van der Waals surface area contributed by atoms with Crippen molar-refractivity contribution in [3.8, 4) is 5.75 Å². The van der Waals surface area contributed by atoms with Crippen LogP contribution in [0.5, 0.6) is 5.75 Å². The maximum atomic E-state index is 13.9. The van der Waals surface area contributed by atoms with Gasteiger partial charge in [0.1, 0.15) is 17.3 Å². The molecule has 0 spiro atoms. The minimum atomic E-state index is -0.519. The molecule has 1 aliphatic rings. The van der Waals surface area contributed by atoms with Crippen molar-refractivity contribution < 1.29 is 18.7 Å². The van der Waals surface area contributed by atoms with Crippen molar-refractivity contribution in [2.75, 3.05) is 23.0 Å². The highest BCUT2D eigenvalue weighted by molar-refractivity contribution is 6.46. The molecule has 162 valence electrons. The molecular weight excluding hydrogens is 407 g/mol. The Hall–Kier alpha value is -3.93. The lowest BCUT2D eigenvalue weighted by Gasteiger charge is -2.25. The summed E-state index contributed by atoms with van der Waals surface area (Å²) in [6, 6.07) is 22.0. The Morgan fingerprint density at radius 1 is 0.875 bits per heavy atom. The van der Waals surface area contributed by atoms with Crippen LogP contribution in [0.1, 0.15) is 19.4 Å². The minimum absolute atomic E-state index is 0.197. The Bertz CT molecular complexity index is 1170. The number of hydrogen-bond donors (Lipinski definition) is 0. The second kappa shape index (κ2) is 9.06. The van der Waals surface area contributed by atoms with Gasteiger partial charge in [-0.25, -0.2) is 9.29 Å². The molecule has 4 rings (SSSR count). The first kappa shape index (κ1) is 21.3. The molecule has 0 saturated heterocycles. The molecule has 0 saturated carbocycles. The molecule has 0 fully saturated rings. The molecule has 2 amide bonds. The number of nitrogens with zero attached hydrogens (tertiary/aromatic N) is 2. The normalized spacial score (nSPS) is 13.7. The second-order valence-electron chi connectivity index (χ2n) is 7.19. The van der Waals surface area contributed by atoms with Gasteiger partial charge < -0.3 is 9.64 Å². The summed E-state index contributed by atoms with van der Waals surface area (Å²) in [5.41, 5.74) is 2.11. The number of benzene rings is 3. The second-order valence-corrected chi connectivity index (χ2v) is 7.19. The van der Waals surface area contributed by atoms with Crippen LogP contribution >= 0.6 is 0 Å². The van der Waals surface area contributed by atoms with Crippen LogP contribution < -0.4 is 14.5 Å². The van der Waals surface area contributed by atoms with Gasteiger partial charge in [-0.2, -0.15) is 0 Å². The van der Waals surface area contributed by atoms with E-state index in [4.69, 9.17) is 4.74 Å². The Morgan fingerprint density at radius 2 is 1.59 bits per heavy atom. The third kappa shape index (κ3) is 3.87. The van der Waals surface area contributed by atoms with E-state index in [-0.39, 0.29) is 17.0 Å². The Morgan fingerprint density at radius 3 is 2.22 bits per heavy atom. The number of halogens is 1. The Labute approximate surface area is 186 Å². The average molecular weight is 430 g/mol. The molecule has 6 heteroatoms. The predicted octanol–water partition coefficient (Wildman–Crippen LogP) is 5.04. The van der Waals surface area contributed by atoms with E-state index in [1.54, 1.807) is 30.3 Å². The van der Waals surface area contributed by atoms with Gasteiger partial charge in [0.05, 0.1) is 17.9 Å². The molecule has 0 aliphatic carbocycles. The third-order valence-electron chi connectivity index (χ3n) is 5.23. The molecule has 32 heavy (non-hydrogen) atoms. The average Bonchev–Trinajstić information content (AvgIpc) is 3.06. The summed E-state index contributed by atoms with van der Waals surface area (Å²) < 4.78 is 19.4. The third-order valence-corrected chi connectivity index (χ3v) is 5.23. The summed E-state index contributed by atoms with van der Waals surface area (Å²) in [5.74, 6) is -0.827. The monoisotopic (exact) mass is 430 g/mol. The predicted molar refractivity (Wildman–Crippen MR) is 123 cm³/mol. The molecule has 1 heterocycles. The first-order chi connectivity index (χ1) is 15.5. The molecule has 5 nitrogen and oxygen atoms in total. The SMILES string of the molecule is CCOc1ccc(C2=C(N(CC)c3ccccc3)C(=O)N(c3cccc(F)c3)C2=O)cc1. The number of para-hydroxylation sites is 1. The van der Waals surface area contributed by atoms with Gasteiger partial charge in [0, 0.05) is 12.2 Å². The number of anilines is 2. The van der Waals surface area contributed by atoms with E-state index in [0.29, 0.717) is 24.5 Å². The Balaban J connectivity index is 1.87. The molecule has 1 aliphatic heterocycles. The van der Waals surface area contributed by atoms with E-state index in [1.165, 1.54) is 18.2 Å². The fourth-order valence-electron chi connectivity index (χ4n) is 3.84. The fraction of sp³-hybridized carbons (Fsp3) is 0.154. The molecule has 0 unspecified atom stereocenters. The van der Waals surface area contributed by atoms with Gasteiger partial charge in [-0.3, -0.25) is 9.59 Å². The van der Waals surface area contributed by atoms with Gasteiger partial charge in [-0.15, -0.1) is 0 Å². The van der Waals surface area contributed by atoms with Crippen LogP contribution in [0.2, 0.25) is 0 Å². The number of rotatable bonds is 7. The van der Waals surface area contributed by atoms with E-state index in [1.807, 2.05) is 49.1 Å². The summed E-state index contributed by atoms with van der Waals surface area (Å²) in [6.07, 6.45) is 0. The van der Waals surface area contributed by atoms with Crippen molar-refractivity contribution in [1.82, 2.24) is 0 Å². The zero-order valence-corrected chi connectivity index (χ0v) is 17.9. The summed E-state index contributed by atoms with van der Waals surface area (Å²) in [6.45, 7) is 4.80. The molecule has 0 aromatic heterocycles. The highest BCUT2D eigenvalue weighted by Gasteiger charge is 2.42. The fourth-order valence-corrected chi connectivity index (χ4v) is 3.84. The quantitative estimate of drug-likeness (QED) is 0.493. The van der Waals surface area contributed by atoms with E-state index < -0.39 is 17.6 Å². The van der Waals surface area contributed by atoms with Crippen molar-refractivity contribution in [1.29, 1.82) is 0 Å². The van der Waals surface area contributed by atoms with Gasteiger partial charge in [-0.1, -0.05) is 36.4 Å². The topological polar surface area (TPSA) is 49.9 Å². The Kier molecular flexibility index (Phi) is 6.03. The lowest BCUT2D eigenvalue weighted by Crippen LogP contribution is -2.35. The van der Waals surface area contributed by atoms with E-state index >= 15 is 0 Å². The molecule has 0 bridgehead atoms. The first-order valence-electron chi connectivity index (χ1n) is 10.5. The van der Waals surface area contributed by atoms with Crippen LogP contribution in [0.15, 0.2) is 84.6 Å². The van der Waals surface area contributed by atoms with Crippen LogP contribution in [0.3, 0.4) is 0 Å². The number of carbonyl (C=O) groups is 2. The zero-order chi connectivity index (χ0) is 22.7. The van der Waals surface area contributed by atoms with Gasteiger partial charge in [0.2, 0.25) is 0 Å². The summed E-state index contributed by atoms with van der Waals surface area (Å²) in [7, 11) is 0. The van der Waals surface area contributed by atoms with Crippen molar-refractivity contribution in [2.45, 2.75) is 13.8 Å². The van der Waals surface area contributed by atoms with Crippen LogP contribution in [-0.4, -0.2) is 25.0 Å². The highest BCUT2D eigenvalue weighted by atomic mass is 19.1. The summed E-state index contributed by atoms with van der Waals surface area (Å²) >= 11 is 0. The lowest BCUT2D eigenvalue weighted by molar-refractivity contribution is -0.120. The van der Waals surface area contributed by atoms with E-state index in [9.17, 15) is 14.0 Å². The van der Waals surface area contributed by atoms with Crippen molar-refractivity contribution >= 4 is 28.8 Å². The number of likely N-dealkylation sites (N-methyl/N-ethyl adjacent to an activating group) is 1. The molecular formula is C26H23FN2O3. The van der Waals surface area contributed by atoms with Crippen LogP contribution in [0.25, 0.3) is 5.57 Å². The highest BCUT2D eigenvalue weighted by Crippen LogP contribution is 2.37. The van der Waals surface area contributed by atoms with E-state index in [0.717, 1.165) is 10.6 Å². The number of carbonyl (C=O) groups excluding carboxylic acids is 2. The van der Waals surface area contributed by atoms with E-state index in [2.05, 4.69) is 0 Å². The number of amides is 2. The lowest BCUT2D eigenvalue weighted by atomic mass is 10.0. The maximum absolute atomic E-state index is 13.9. The molecule has 3 aromatic carbocycles. The smallest absolute Gasteiger partial charge is 0.282 e. The van der Waals surface area contributed by atoms with Crippen LogP contribution in [0.4, 0.5) is 15.8 Å². The van der Waals surface area contributed by atoms with Crippen LogP contribution in [-0.2, 0) is 9.59 Å². The standard InChI is InChI=1S/C26H23FN2O3/c1-3-28(20-10-6-5-7-11-20)24-23(18-13-15-22(16-14-18)32-4-2)25(30)29(26(24)31)21-12-8-9-19(27)17-21/h5-17H,3-4H2,1-2H3. The van der Waals surface area contributed by atoms with Crippen molar-refractivity contribution in [3.05, 3.63) is 95.9 Å². The van der Waals surface area contributed by atoms with Gasteiger partial charge in [0.15, 0.2) is 0 Å². The molecule has 0 atom stereocenters. The van der Waals surface area contributed by atoms with Crippen molar-refractivity contribution in [3.63, 3.8) is 0 Å². The summed E-state index contributed by atoms with van der Waals surface area (Å²) in [5, 5.41) is 0. The maximum Gasteiger partial charge on any atom is 0.282 e. The van der Waals surface area contributed by atoms with Gasteiger partial charge in [0.25, 0.3) is 11.8 Å². The van der Waals surface area contributed by atoms with Gasteiger partial charge in [-0.05, 0) is 61.9 Å². The summed E-state index contributed by atoms with van der Waals surface area (Å²) in [4.78, 5) is 30.0. The number of imide groups is 1. The largest absolute Gasteiger partial charge is 0.494 e. The van der Waals surface area contributed by atoms with Crippen molar-refractivity contribution in [2.24, 2.45) is 0 Å². The van der Waals surface area contributed by atoms with Crippen LogP contribution in [0, 0.1) is 5.82 Å².